The number of thiazole rings is 1. The molecule has 0 aliphatic rings. The molecule has 0 aliphatic carbocycles. The number of aromatic nitrogens is 1. The molecule has 1 atom stereocenters. The lowest BCUT2D eigenvalue weighted by molar-refractivity contribution is 0.516. The van der Waals surface area contributed by atoms with E-state index in [2.05, 4.69) is 33.2 Å². The van der Waals surface area contributed by atoms with E-state index in [0.717, 1.165) is 27.5 Å². The molecule has 0 fully saturated rings. The van der Waals surface area contributed by atoms with Crippen molar-refractivity contribution >= 4 is 38.9 Å². The van der Waals surface area contributed by atoms with Crippen molar-refractivity contribution in [3.05, 3.63) is 49.8 Å². The molecule has 1 aromatic carbocycles. The molecule has 2 aromatic rings. The maximum atomic E-state index is 5.93. The topological polar surface area (TPSA) is 24.9 Å². The highest BCUT2D eigenvalue weighted by Gasteiger charge is 2.11. The summed E-state index contributed by atoms with van der Waals surface area (Å²) in [5, 5.41) is 7.42. The van der Waals surface area contributed by atoms with Crippen LogP contribution < -0.4 is 5.32 Å². The van der Waals surface area contributed by atoms with E-state index in [-0.39, 0.29) is 0 Å². The third-order valence-electron chi connectivity index (χ3n) is 2.71. The molecular formula is C13H14BrClN2S. The second-order valence-electron chi connectivity index (χ2n) is 3.95. The predicted octanol–water partition coefficient (Wildman–Crippen LogP) is 4.80. The zero-order chi connectivity index (χ0) is 13.0. The van der Waals surface area contributed by atoms with Crippen LogP contribution in [-0.2, 0) is 6.54 Å². The fraction of sp³-hybridized carbons (Fsp3) is 0.308. The van der Waals surface area contributed by atoms with Gasteiger partial charge >= 0.3 is 0 Å². The van der Waals surface area contributed by atoms with Crippen molar-refractivity contribution < 1.29 is 0 Å². The normalized spacial score (nSPS) is 12.6. The summed E-state index contributed by atoms with van der Waals surface area (Å²) in [7, 11) is 0. The zero-order valence-corrected chi connectivity index (χ0v) is 13.1. The van der Waals surface area contributed by atoms with E-state index >= 15 is 0 Å². The molecule has 18 heavy (non-hydrogen) atoms. The standard InChI is InChI=1S/C13H14BrClN2S/c1-2-12(13-16-5-6-18-13)17-8-9-3-4-10(15)7-11(9)14/h3-7,12,17H,2,8H2,1H3. The van der Waals surface area contributed by atoms with Crippen LogP contribution in [0.1, 0.15) is 30.0 Å². The highest BCUT2D eigenvalue weighted by molar-refractivity contribution is 9.10. The molecule has 0 bridgehead atoms. The Morgan fingerprint density at radius 1 is 1.50 bits per heavy atom. The minimum Gasteiger partial charge on any atom is -0.304 e. The maximum Gasteiger partial charge on any atom is 0.109 e. The van der Waals surface area contributed by atoms with Crippen LogP contribution in [0.15, 0.2) is 34.2 Å². The molecule has 5 heteroatoms. The average Bonchev–Trinajstić information content (AvgIpc) is 2.86. The Morgan fingerprint density at radius 2 is 2.33 bits per heavy atom. The van der Waals surface area contributed by atoms with E-state index in [9.17, 15) is 0 Å². The minimum absolute atomic E-state index is 0.313. The van der Waals surface area contributed by atoms with Gasteiger partial charge in [-0.25, -0.2) is 4.98 Å². The quantitative estimate of drug-likeness (QED) is 0.842. The van der Waals surface area contributed by atoms with Crippen molar-refractivity contribution in [2.75, 3.05) is 0 Å². The SMILES string of the molecule is CCC(NCc1ccc(Cl)cc1Br)c1nccs1. The van der Waals surface area contributed by atoms with Gasteiger partial charge in [0.05, 0.1) is 6.04 Å². The molecule has 0 saturated carbocycles. The van der Waals surface area contributed by atoms with Gasteiger partial charge in [0.25, 0.3) is 0 Å². The molecule has 0 saturated heterocycles. The van der Waals surface area contributed by atoms with Gasteiger partial charge in [-0.3, -0.25) is 0 Å². The van der Waals surface area contributed by atoms with Gasteiger partial charge in [-0.15, -0.1) is 11.3 Å². The van der Waals surface area contributed by atoms with Crippen molar-refractivity contribution in [1.82, 2.24) is 10.3 Å². The number of rotatable bonds is 5. The van der Waals surface area contributed by atoms with Gasteiger partial charge in [0.2, 0.25) is 0 Å². The van der Waals surface area contributed by atoms with Crippen molar-refractivity contribution in [1.29, 1.82) is 0 Å². The fourth-order valence-electron chi connectivity index (χ4n) is 1.71. The molecule has 2 rings (SSSR count). The number of hydrogen-bond acceptors (Lipinski definition) is 3. The molecule has 2 nitrogen and oxygen atoms in total. The molecule has 1 heterocycles. The van der Waals surface area contributed by atoms with Crippen LogP contribution in [0.5, 0.6) is 0 Å². The Balaban J connectivity index is 2.02. The first-order valence-electron chi connectivity index (χ1n) is 5.77. The molecule has 96 valence electrons. The molecule has 0 spiro atoms. The van der Waals surface area contributed by atoms with Gasteiger partial charge < -0.3 is 5.32 Å². The molecule has 1 aromatic heterocycles. The lowest BCUT2D eigenvalue weighted by Crippen LogP contribution is -2.20. The van der Waals surface area contributed by atoms with Crippen LogP contribution in [-0.4, -0.2) is 4.98 Å². The van der Waals surface area contributed by atoms with Crippen LogP contribution in [0.3, 0.4) is 0 Å². The second-order valence-corrected chi connectivity index (χ2v) is 6.16. The summed E-state index contributed by atoms with van der Waals surface area (Å²) in [6, 6.07) is 6.18. The number of benzene rings is 1. The third kappa shape index (κ3) is 3.54. The van der Waals surface area contributed by atoms with Crippen LogP contribution in [0.25, 0.3) is 0 Å². The first-order chi connectivity index (χ1) is 8.70. The van der Waals surface area contributed by atoms with Crippen LogP contribution in [0.2, 0.25) is 5.02 Å². The Labute approximate surface area is 125 Å². The van der Waals surface area contributed by atoms with Crippen LogP contribution in [0, 0.1) is 0 Å². The van der Waals surface area contributed by atoms with Gasteiger partial charge in [0.1, 0.15) is 5.01 Å². The summed E-state index contributed by atoms with van der Waals surface area (Å²) in [6.07, 6.45) is 2.88. The van der Waals surface area contributed by atoms with Crippen molar-refractivity contribution in [3.63, 3.8) is 0 Å². The Morgan fingerprint density at radius 3 is 2.94 bits per heavy atom. The molecule has 0 radical (unpaired) electrons. The maximum absolute atomic E-state index is 5.93. The summed E-state index contributed by atoms with van der Waals surface area (Å²) in [5.41, 5.74) is 1.20. The average molecular weight is 346 g/mol. The molecule has 1 unspecified atom stereocenters. The largest absolute Gasteiger partial charge is 0.304 e. The number of nitrogens with one attached hydrogen (secondary N) is 1. The van der Waals surface area contributed by atoms with Gasteiger partial charge in [0, 0.05) is 27.6 Å². The zero-order valence-electron chi connectivity index (χ0n) is 9.99. The predicted molar refractivity (Wildman–Crippen MR) is 81.1 cm³/mol. The second kappa shape index (κ2) is 6.66. The first kappa shape index (κ1) is 14.0. The van der Waals surface area contributed by atoms with Gasteiger partial charge in [-0.05, 0) is 24.1 Å². The van der Waals surface area contributed by atoms with E-state index in [1.807, 2.05) is 29.8 Å². The van der Waals surface area contributed by atoms with Gasteiger partial charge in [-0.1, -0.05) is 40.5 Å². The number of hydrogen-bond donors (Lipinski definition) is 1. The molecular weight excluding hydrogens is 332 g/mol. The van der Waals surface area contributed by atoms with E-state index in [4.69, 9.17) is 11.6 Å². The third-order valence-corrected chi connectivity index (χ3v) is 4.57. The molecule has 0 aliphatic heterocycles. The van der Waals surface area contributed by atoms with E-state index in [0.29, 0.717) is 6.04 Å². The summed E-state index contributed by atoms with van der Waals surface area (Å²) < 4.78 is 1.04. The lowest BCUT2D eigenvalue weighted by Gasteiger charge is -2.15. The lowest BCUT2D eigenvalue weighted by atomic mass is 10.2. The van der Waals surface area contributed by atoms with Crippen molar-refractivity contribution in [2.24, 2.45) is 0 Å². The summed E-state index contributed by atoms with van der Waals surface area (Å²) in [6.45, 7) is 2.96. The van der Waals surface area contributed by atoms with Crippen molar-refractivity contribution in [2.45, 2.75) is 25.9 Å². The summed E-state index contributed by atoms with van der Waals surface area (Å²) in [4.78, 5) is 4.36. The van der Waals surface area contributed by atoms with E-state index < -0.39 is 0 Å². The highest BCUT2D eigenvalue weighted by Crippen LogP contribution is 2.23. The summed E-state index contributed by atoms with van der Waals surface area (Å²) in [5.74, 6) is 0. The Kier molecular flexibility index (Phi) is 5.18. The molecule has 0 amide bonds. The van der Waals surface area contributed by atoms with E-state index in [1.54, 1.807) is 11.3 Å². The highest BCUT2D eigenvalue weighted by atomic mass is 79.9. The fourth-order valence-corrected chi connectivity index (χ4v) is 3.33. The number of nitrogens with zero attached hydrogens (tertiary/aromatic N) is 1. The van der Waals surface area contributed by atoms with Crippen LogP contribution >= 0.6 is 38.9 Å². The number of halogens is 2. The van der Waals surface area contributed by atoms with Crippen LogP contribution in [0.4, 0.5) is 0 Å². The van der Waals surface area contributed by atoms with Crippen molar-refractivity contribution in [3.8, 4) is 0 Å². The van der Waals surface area contributed by atoms with Gasteiger partial charge in [-0.2, -0.15) is 0 Å². The van der Waals surface area contributed by atoms with Gasteiger partial charge in [0.15, 0.2) is 0 Å². The monoisotopic (exact) mass is 344 g/mol. The van der Waals surface area contributed by atoms with E-state index in [1.165, 1.54) is 5.56 Å². The molecule has 1 N–H and O–H groups in total. The minimum atomic E-state index is 0.313. The Bertz CT molecular complexity index is 502. The summed E-state index contributed by atoms with van der Waals surface area (Å²) >= 11 is 11.2. The first-order valence-corrected chi connectivity index (χ1v) is 7.82. The smallest absolute Gasteiger partial charge is 0.109 e. The Hall–Kier alpha value is -0.420.